The summed E-state index contributed by atoms with van der Waals surface area (Å²) in [7, 11) is 0. The number of benzene rings is 1. The Labute approximate surface area is 197 Å². The van der Waals surface area contributed by atoms with Crippen molar-refractivity contribution >= 4 is 0 Å². The Balaban J connectivity index is 1.63. The van der Waals surface area contributed by atoms with E-state index in [4.69, 9.17) is 4.74 Å². The van der Waals surface area contributed by atoms with Crippen molar-refractivity contribution < 1.29 is 4.74 Å². The first kappa shape index (κ1) is 26.4. The predicted molar refractivity (Wildman–Crippen MR) is 137 cm³/mol. The summed E-state index contributed by atoms with van der Waals surface area (Å²) in [4.78, 5) is 9.17. The lowest BCUT2D eigenvalue weighted by Gasteiger charge is -2.10. The third kappa shape index (κ3) is 11.1. The van der Waals surface area contributed by atoms with E-state index in [1.54, 1.807) is 0 Å². The maximum atomic E-state index is 5.93. The molecule has 2 aromatic rings. The second-order valence-corrected chi connectivity index (χ2v) is 9.40. The number of aryl methyl sites for hydroxylation is 1. The first-order valence-electron chi connectivity index (χ1n) is 13.3. The molecule has 0 aliphatic carbocycles. The zero-order chi connectivity index (χ0) is 22.9. The highest BCUT2D eigenvalue weighted by molar-refractivity contribution is 5.55. The van der Waals surface area contributed by atoms with Crippen LogP contribution in [-0.2, 0) is 6.42 Å². The fraction of sp³-hybridized carbons (Fsp3) is 0.655. The minimum absolute atomic E-state index is 0.792. The minimum Gasteiger partial charge on any atom is -0.494 e. The molecule has 0 aliphatic rings. The number of aromatic nitrogens is 2. The monoisotopic (exact) mass is 438 g/mol. The van der Waals surface area contributed by atoms with E-state index in [-0.39, 0.29) is 0 Å². The molecule has 3 heteroatoms. The lowest BCUT2D eigenvalue weighted by Crippen LogP contribution is -1.99. The Hall–Kier alpha value is -1.90. The van der Waals surface area contributed by atoms with Crippen molar-refractivity contribution in [2.24, 2.45) is 5.92 Å². The van der Waals surface area contributed by atoms with Crippen LogP contribution in [0.1, 0.15) is 110 Å². The average molecular weight is 439 g/mol. The van der Waals surface area contributed by atoms with Crippen molar-refractivity contribution in [2.75, 3.05) is 6.61 Å². The van der Waals surface area contributed by atoms with E-state index in [0.29, 0.717) is 0 Å². The van der Waals surface area contributed by atoms with E-state index >= 15 is 0 Å². The third-order valence-corrected chi connectivity index (χ3v) is 6.30. The van der Waals surface area contributed by atoms with Crippen molar-refractivity contribution in [3.8, 4) is 17.1 Å². The first-order chi connectivity index (χ1) is 15.7. The number of ether oxygens (including phenoxy) is 1. The summed E-state index contributed by atoms with van der Waals surface area (Å²) in [5, 5.41) is 0. The van der Waals surface area contributed by atoms with Crippen molar-refractivity contribution in [3.63, 3.8) is 0 Å². The van der Waals surface area contributed by atoms with E-state index < -0.39 is 0 Å². The number of hydrogen-bond acceptors (Lipinski definition) is 3. The van der Waals surface area contributed by atoms with Crippen LogP contribution in [0.15, 0.2) is 36.7 Å². The highest BCUT2D eigenvalue weighted by atomic mass is 16.5. The molecule has 0 bridgehead atoms. The lowest BCUT2D eigenvalue weighted by atomic mass is 9.98. The van der Waals surface area contributed by atoms with Gasteiger partial charge in [-0.25, -0.2) is 9.97 Å². The number of rotatable bonds is 18. The van der Waals surface area contributed by atoms with E-state index in [1.165, 1.54) is 82.6 Å². The topological polar surface area (TPSA) is 35.0 Å². The Morgan fingerprint density at radius 3 is 2.06 bits per heavy atom. The van der Waals surface area contributed by atoms with Crippen molar-refractivity contribution in [1.82, 2.24) is 9.97 Å². The molecule has 0 saturated heterocycles. The summed E-state index contributed by atoms with van der Waals surface area (Å²) >= 11 is 0. The Bertz CT molecular complexity index is 696. The first-order valence-corrected chi connectivity index (χ1v) is 13.3. The van der Waals surface area contributed by atoms with Gasteiger partial charge in [-0.3, -0.25) is 0 Å². The third-order valence-electron chi connectivity index (χ3n) is 6.30. The SMILES string of the molecule is CCCCCCCCc1cnc(-c2ccc(OCCCCCC(C)CCCC)cc2)nc1. The summed E-state index contributed by atoms with van der Waals surface area (Å²) < 4.78 is 5.93. The van der Waals surface area contributed by atoms with Gasteiger partial charge < -0.3 is 4.74 Å². The van der Waals surface area contributed by atoms with Crippen molar-refractivity contribution in [2.45, 2.75) is 111 Å². The molecule has 1 aromatic heterocycles. The van der Waals surface area contributed by atoms with Crippen LogP contribution in [0.2, 0.25) is 0 Å². The van der Waals surface area contributed by atoms with Gasteiger partial charge in [0, 0.05) is 18.0 Å². The molecule has 0 saturated carbocycles. The Morgan fingerprint density at radius 2 is 1.34 bits per heavy atom. The second-order valence-electron chi connectivity index (χ2n) is 9.40. The molecular weight excluding hydrogens is 392 g/mol. The van der Waals surface area contributed by atoms with Crippen LogP contribution in [-0.4, -0.2) is 16.6 Å². The van der Waals surface area contributed by atoms with Crippen LogP contribution in [0.4, 0.5) is 0 Å². The molecule has 1 aromatic carbocycles. The van der Waals surface area contributed by atoms with Crippen LogP contribution in [0.25, 0.3) is 11.4 Å². The van der Waals surface area contributed by atoms with Gasteiger partial charge in [0.2, 0.25) is 0 Å². The molecule has 0 spiro atoms. The standard InChI is InChI=1S/C29H46N2O/c1-4-6-8-9-10-13-17-26-23-30-29(31-24-26)27-18-20-28(21-19-27)32-22-14-11-12-16-25(3)15-7-5-2/h18-21,23-25H,4-17,22H2,1-3H3. The van der Waals surface area contributed by atoms with Crippen LogP contribution < -0.4 is 4.74 Å². The van der Waals surface area contributed by atoms with E-state index in [9.17, 15) is 0 Å². The van der Waals surface area contributed by atoms with E-state index in [0.717, 1.165) is 42.5 Å². The minimum atomic E-state index is 0.792. The molecular formula is C29H46N2O. The highest BCUT2D eigenvalue weighted by Crippen LogP contribution is 2.20. The zero-order valence-electron chi connectivity index (χ0n) is 21.0. The molecule has 0 fully saturated rings. The molecule has 0 amide bonds. The Kier molecular flexibility index (Phi) is 13.7. The van der Waals surface area contributed by atoms with Gasteiger partial charge in [-0.1, -0.05) is 91.4 Å². The normalized spacial score (nSPS) is 12.1. The molecule has 0 radical (unpaired) electrons. The molecule has 3 nitrogen and oxygen atoms in total. The Morgan fingerprint density at radius 1 is 0.719 bits per heavy atom. The average Bonchev–Trinajstić information content (AvgIpc) is 2.83. The molecule has 0 N–H and O–H groups in total. The molecule has 1 atom stereocenters. The van der Waals surface area contributed by atoms with Crippen LogP contribution in [0.3, 0.4) is 0 Å². The zero-order valence-corrected chi connectivity index (χ0v) is 21.0. The van der Waals surface area contributed by atoms with Gasteiger partial charge in [-0.2, -0.15) is 0 Å². The molecule has 1 heterocycles. The quantitative estimate of drug-likeness (QED) is 0.218. The van der Waals surface area contributed by atoms with Gasteiger partial charge in [0.15, 0.2) is 5.82 Å². The van der Waals surface area contributed by atoms with Gasteiger partial charge in [-0.05, 0) is 55.0 Å². The fourth-order valence-electron chi connectivity index (χ4n) is 4.10. The summed E-state index contributed by atoms with van der Waals surface area (Å²) in [6, 6.07) is 8.20. The molecule has 178 valence electrons. The largest absolute Gasteiger partial charge is 0.494 e. The maximum Gasteiger partial charge on any atom is 0.159 e. The maximum absolute atomic E-state index is 5.93. The summed E-state index contributed by atoms with van der Waals surface area (Å²) in [6.45, 7) is 7.72. The number of hydrogen-bond donors (Lipinski definition) is 0. The van der Waals surface area contributed by atoms with Crippen LogP contribution >= 0.6 is 0 Å². The number of unbranched alkanes of at least 4 members (excludes halogenated alkanes) is 8. The lowest BCUT2D eigenvalue weighted by molar-refractivity contribution is 0.302. The van der Waals surface area contributed by atoms with Gasteiger partial charge in [0.1, 0.15) is 5.75 Å². The summed E-state index contributed by atoms with van der Waals surface area (Å²) in [6.07, 6.45) is 22.1. The smallest absolute Gasteiger partial charge is 0.159 e. The molecule has 2 rings (SSSR count). The van der Waals surface area contributed by atoms with Gasteiger partial charge in [-0.15, -0.1) is 0 Å². The molecule has 1 unspecified atom stereocenters. The van der Waals surface area contributed by atoms with Crippen LogP contribution in [0.5, 0.6) is 5.75 Å². The highest BCUT2D eigenvalue weighted by Gasteiger charge is 2.04. The van der Waals surface area contributed by atoms with Crippen molar-refractivity contribution in [1.29, 1.82) is 0 Å². The second kappa shape index (κ2) is 16.7. The van der Waals surface area contributed by atoms with E-state index in [1.807, 2.05) is 24.5 Å². The predicted octanol–water partition coefficient (Wildman–Crippen LogP) is 8.81. The summed E-state index contributed by atoms with van der Waals surface area (Å²) in [5.74, 6) is 2.60. The van der Waals surface area contributed by atoms with Gasteiger partial charge in [0.25, 0.3) is 0 Å². The van der Waals surface area contributed by atoms with Gasteiger partial charge in [0.05, 0.1) is 6.61 Å². The molecule has 32 heavy (non-hydrogen) atoms. The van der Waals surface area contributed by atoms with E-state index in [2.05, 4.69) is 42.9 Å². The number of nitrogens with zero attached hydrogens (tertiary/aromatic N) is 2. The fourth-order valence-corrected chi connectivity index (χ4v) is 4.10. The summed E-state index contributed by atoms with van der Waals surface area (Å²) in [5.41, 5.74) is 2.29. The van der Waals surface area contributed by atoms with Crippen LogP contribution in [0, 0.1) is 5.92 Å². The van der Waals surface area contributed by atoms with Gasteiger partial charge >= 0.3 is 0 Å². The molecule has 0 aliphatic heterocycles. The van der Waals surface area contributed by atoms with Crippen molar-refractivity contribution in [3.05, 3.63) is 42.2 Å².